The number of esters is 2. The first kappa shape index (κ1) is 67.5. The third kappa shape index (κ3) is 53.7. The SMILES string of the molecule is CCCCCCCC/C=C\CCCCCCCC(=O)OC[C@H](COP(=O)(O)OCCNC(=O)CCCCCCCCCCC(=O)O)OC(=O)CCCCCCC/C=C\CCCCCCCC.[Na]. The van der Waals surface area contributed by atoms with Crippen molar-refractivity contribution in [3.8, 4) is 0 Å². The monoisotopic (exact) mass is 979 g/mol. The molecule has 0 spiro atoms. The number of aliphatic carboxylic acids is 1. The van der Waals surface area contributed by atoms with Crippen molar-refractivity contribution in [3.05, 3.63) is 24.3 Å². The number of carbonyl (C=O) groups is 4. The number of phosphoric acid groups is 1. The van der Waals surface area contributed by atoms with Crippen molar-refractivity contribution in [2.45, 2.75) is 264 Å². The predicted molar refractivity (Wildman–Crippen MR) is 274 cm³/mol. The standard InChI is InChI=1S/C53H98NO11P.Na/c1-3-5-7-9-11-13-15-17-19-21-23-25-31-35-39-43-52(58)62-47-49(65-53(59)44-40-36-32-26-24-22-20-18-16-14-12-10-8-6-4-2)48-64-66(60,61)63-46-45-54-50(55)41-37-33-29-27-28-30-34-38-42-51(56)57;/h17-20,49H,3-16,21-48H2,1-2H3,(H,54,55)(H,56,57)(H,60,61);/b19-17-,20-18-;/t49-;/m1./s1. The number of hydrogen-bond donors (Lipinski definition) is 3. The third-order valence-corrected chi connectivity index (χ3v) is 12.6. The minimum absolute atomic E-state index is 0. The Morgan fingerprint density at radius 3 is 1.30 bits per heavy atom. The Hall–Kier alpha value is -1.53. The van der Waals surface area contributed by atoms with Crippen LogP contribution >= 0.6 is 7.82 Å². The molecule has 0 saturated carbocycles. The van der Waals surface area contributed by atoms with Crippen LogP contribution in [0.1, 0.15) is 258 Å². The van der Waals surface area contributed by atoms with E-state index in [-0.39, 0.29) is 74.5 Å². The molecule has 12 nitrogen and oxygen atoms in total. The van der Waals surface area contributed by atoms with Crippen molar-refractivity contribution in [2.24, 2.45) is 0 Å². The molecule has 0 heterocycles. The molecule has 0 bridgehead atoms. The van der Waals surface area contributed by atoms with Gasteiger partial charge in [0.25, 0.3) is 0 Å². The summed E-state index contributed by atoms with van der Waals surface area (Å²) in [6.07, 6.45) is 46.4. The van der Waals surface area contributed by atoms with E-state index in [0.717, 1.165) is 122 Å². The molecule has 0 aromatic heterocycles. The van der Waals surface area contributed by atoms with Gasteiger partial charge in [-0.1, -0.05) is 179 Å². The summed E-state index contributed by atoms with van der Waals surface area (Å²) in [7, 11) is -4.57. The number of phosphoric ester groups is 1. The maximum Gasteiger partial charge on any atom is 0.472 e. The number of amides is 1. The van der Waals surface area contributed by atoms with Crippen LogP contribution in [0.3, 0.4) is 0 Å². The fourth-order valence-corrected chi connectivity index (χ4v) is 8.33. The predicted octanol–water partition coefficient (Wildman–Crippen LogP) is 14.4. The van der Waals surface area contributed by atoms with Crippen LogP contribution in [0, 0.1) is 0 Å². The van der Waals surface area contributed by atoms with Crippen molar-refractivity contribution < 1.29 is 52.3 Å². The number of rotatable bonds is 51. The Morgan fingerprint density at radius 2 is 0.866 bits per heavy atom. The zero-order chi connectivity index (χ0) is 48.4. The first-order chi connectivity index (χ1) is 32.1. The van der Waals surface area contributed by atoms with Crippen molar-refractivity contribution in [1.29, 1.82) is 0 Å². The summed E-state index contributed by atoms with van der Waals surface area (Å²) in [5.74, 6) is -1.84. The van der Waals surface area contributed by atoms with Crippen molar-refractivity contribution >= 4 is 61.2 Å². The molecule has 387 valence electrons. The van der Waals surface area contributed by atoms with Crippen LogP contribution in [-0.2, 0) is 42.3 Å². The van der Waals surface area contributed by atoms with Gasteiger partial charge in [-0.3, -0.25) is 28.2 Å². The summed E-state index contributed by atoms with van der Waals surface area (Å²) in [6, 6.07) is 0. The van der Waals surface area contributed by atoms with Gasteiger partial charge in [-0.25, -0.2) is 4.57 Å². The number of allylic oxidation sites excluding steroid dienone is 4. The fraction of sp³-hybridized carbons (Fsp3) is 0.849. The summed E-state index contributed by atoms with van der Waals surface area (Å²) in [5, 5.41) is 11.4. The van der Waals surface area contributed by atoms with Crippen LogP contribution in [0.2, 0.25) is 0 Å². The van der Waals surface area contributed by atoms with Crippen LogP contribution in [-0.4, -0.2) is 95.8 Å². The van der Waals surface area contributed by atoms with E-state index in [1.165, 1.54) is 77.0 Å². The molecule has 0 aromatic carbocycles. The fourth-order valence-electron chi connectivity index (χ4n) is 7.58. The van der Waals surface area contributed by atoms with Gasteiger partial charge in [0, 0.05) is 61.8 Å². The van der Waals surface area contributed by atoms with Crippen molar-refractivity contribution in [1.82, 2.24) is 5.32 Å². The molecule has 3 N–H and O–H groups in total. The third-order valence-electron chi connectivity index (χ3n) is 11.7. The van der Waals surface area contributed by atoms with Crippen LogP contribution in [0.5, 0.6) is 0 Å². The molecule has 0 aliphatic heterocycles. The molecule has 1 amide bonds. The Bertz CT molecular complexity index is 1270. The summed E-state index contributed by atoms with van der Waals surface area (Å²) in [4.78, 5) is 58.5. The number of nitrogens with one attached hydrogen (secondary N) is 1. The molecule has 0 rings (SSSR count). The summed E-state index contributed by atoms with van der Waals surface area (Å²) in [5.41, 5.74) is 0. The number of hydrogen-bond acceptors (Lipinski definition) is 9. The summed E-state index contributed by atoms with van der Waals surface area (Å²) in [6.45, 7) is 3.45. The Balaban J connectivity index is 0. The van der Waals surface area contributed by atoms with E-state index in [4.69, 9.17) is 23.6 Å². The van der Waals surface area contributed by atoms with Crippen LogP contribution in [0.25, 0.3) is 0 Å². The smallest absolute Gasteiger partial charge is 0.472 e. The van der Waals surface area contributed by atoms with Crippen molar-refractivity contribution in [3.63, 3.8) is 0 Å². The molecule has 0 aromatic rings. The van der Waals surface area contributed by atoms with E-state index in [1.54, 1.807) is 0 Å². The average Bonchev–Trinajstić information content (AvgIpc) is 3.29. The normalized spacial score (nSPS) is 12.8. The van der Waals surface area contributed by atoms with E-state index >= 15 is 0 Å². The molecule has 2 atom stereocenters. The average molecular weight is 979 g/mol. The molecule has 0 saturated heterocycles. The molecular formula is C53H98NNaO11P. The molecule has 1 unspecified atom stereocenters. The Labute approximate surface area is 431 Å². The zero-order valence-electron chi connectivity index (χ0n) is 43.1. The quantitative estimate of drug-likeness (QED) is 0.0174. The van der Waals surface area contributed by atoms with Gasteiger partial charge in [-0.15, -0.1) is 0 Å². The van der Waals surface area contributed by atoms with Crippen molar-refractivity contribution in [2.75, 3.05) is 26.4 Å². The first-order valence-corrected chi connectivity index (χ1v) is 28.3. The van der Waals surface area contributed by atoms with Gasteiger partial charge >= 0.3 is 25.7 Å². The Kier molecular flexibility index (Phi) is 52.7. The van der Waals surface area contributed by atoms with Gasteiger partial charge in [0.15, 0.2) is 6.10 Å². The van der Waals surface area contributed by atoms with Gasteiger partial charge in [0.1, 0.15) is 6.61 Å². The van der Waals surface area contributed by atoms with E-state index < -0.39 is 38.4 Å². The number of carboxylic acids is 1. The molecule has 0 aliphatic carbocycles. The minimum Gasteiger partial charge on any atom is -0.481 e. The topological polar surface area (TPSA) is 175 Å². The van der Waals surface area contributed by atoms with Crippen LogP contribution in [0.4, 0.5) is 0 Å². The summed E-state index contributed by atoms with van der Waals surface area (Å²) < 4.78 is 33.9. The molecule has 0 aliphatic rings. The van der Waals surface area contributed by atoms with E-state index in [0.29, 0.717) is 25.7 Å². The maximum absolute atomic E-state index is 12.8. The van der Waals surface area contributed by atoms with Crippen LogP contribution < -0.4 is 5.32 Å². The van der Waals surface area contributed by atoms with Gasteiger partial charge in [-0.05, 0) is 77.0 Å². The molecule has 14 heteroatoms. The van der Waals surface area contributed by atoms with Gasteiger partial charge in [-0.2, -0.15) is 0 Å². The number of carboxylic acid groups (broad SMARTS) is 1. The van der Waals surface area contributed by atoms with Gasteiger partial charge in [0.05, 0.1) is 13.2 Å². The number of carbonyl (C=O) groups excluding carboxylic acids is 3. The largest absolute Gasteiger partial charge is 0.481 e. The van der Waals surface area contributed by atoms with Crippen LogP contribution in [0.15, 0.2) is 24.3 Å². The van der Waals surface area contributed by atoms with Gasteiger partial charge in [0.2, 0.25) is 5.91 Å². The van der Waals surface area contributed by atoms with Gasteiger partial charge < -0.3 is 24.8 Å². The Morgan fingerprint density at radius 1 is 0.493 bits per heavy atom. The summed E-state index contributed by atoms with van der Waals surface area (Å²) >= 11 is 0. The second kappa shape index (κ2) is 52.3. The minimum atomic E-state index is -4.57. The molecule has 67 heavy (non-hydrogen) atoms. The second-order valence-electron chi connectivity index (χ2n) is 18.1. The number of ether oxygens (including phenoxy) is 2. The molecular weight excluding hydrogens is 881 g/mol. The maximum atomic E-state index is 12.8. The van der Waals surface area contributed by atoms with E-state index in [2.05, 4.69) is 43.5 Å². The first-order valence-electron chi connectivity index (χ1n) is 26.8. The zero-order valence-corrected chi connectivity index (χ0v) is 46.0. The van der Waals surface area contributed by atoms with E-state index in [9.17, 15) is 28.6 Å². The molecule has 1 radical (unpaired) electrons. The molecule has 0 fully saturated rings. The second-order valence-corrected chi connectivity index (χ2v) is 19.6. The van der Waals surface area contributed by atoms with E-state index in [1.807, 2.05) is 0 Å². The number of unbranched alkanes of at least 4 members (excludes halogenated alkanes) is 29.